The zero-order chi connectivity index (χ0) is 11.8. The Labute approximate surface area is 102 Å². The van der Waals surface area contributed by atoms with Crippen LogP contribution in [-0.2, 0) is 0 Å². The summed E-state index contributed by atoms with van der Waals surface area (Å²) in [7, 11) is 0. The second kappa shape index (κ2) is 4.14. The molecule has 1 aliphatic carbocycles. The van der Waals surface area contributed by atoms with E-state index in [-0.39, 0.29) is 6.04 Å². The number of likely N-dealkylation sites (tertiary alicyclic amines) is 1. The molecule has 0 radical (unpaired) electrons. The molecule has 1 saturated heterocycles. The second-order valence-electron chi connectivity index (χ2n) is 5.10. The van der Waals surface area contributed by atoms with Crippen LogP contribution in [0.3, 0.4) is 0 Å². The highest BCUT2D eigenvalue weighted by Crippen LogP contribution is 2.40. The van der Waals surface area contributed by atoms with E-state index in [1.165, 1.54) is 18.4 Å². The van der Waals surface area contributed by atoms with Crippen molar-refractivity contribution in [3.8, 4) is 6.07 Å². The van der Waals surface area contributed by atoms with E-state index in [1.807, 2.05) is 18.2 Å². The molecule has 0 amide bonds. The number of hydrogen-bond donors (Lipinski definition) is 1. The van der Waals surface area contributed by atoms with Crippen LogP contribution < -0.4 is 5.73 Å². The Morgan fingerprint density at radius 2 is 2.12 bits per heavy atom. The zero-order valence-electron chi connectivity index (χ0n) is 9.84. The standard InChI is InChI=1S/C14H17N3/c15-9-10-2-1-3-11(8-10)14-13(16)6-7-17(14)12-4-5-12/h1-3,8,12-14H,4-7,16H2. The van der Waals surface area contributed by atoms with Crippen LogP contribution in [0.15, 0.2) is 24.3 Å². The Kier molecular flexibility index (Phi) is 2.62. The van der Waals surface area contributed by atoms with Crippen molar-refractivity contribution < 1.29 is 0 Å². The van der Waals surface area contributed by atoms with Gasteiger partial charge in [-0.3, -0.25) is 4.90 Å². The van der Waals surface area contributed by atoms with Gasteiger partial charge in [-0.15, -0.1) is 0 Å². The van der Waals surface area contributed by atoms with Gasteiger partial charge in [-0.2, -0.15) is 5.26 Å². The lowest BCUT2D eigenvalue weighted by Gasteiger charge is -2.27. The maximum atomic E-state index is 8.96. The van der Waals surface area contributed by atoms with E-state index in [0.29, 0.717) is 6.04 Å². The first-order valence-electron chi connectivity index (χ1n) is 6.31. The summed E-state index contributed by atoms with van der Waals surface area (Å²) >= 11 is 0. The number of rotatable bonds is 2. The van der Waals surface area contributed by atoms with Crippen LogP contribution in [0.4, 0.5) is 0 Å². The molecule has 1 aliphatic heterocycles. The first kappa shape index (κ1) is 10.8. The van der Waals surface area contributed by atoms with Gasteiger partial charge in [0.2, 0.25) is 0 Å². The van der Waals surface area contributed by atoms with Crippen molar-refractivity contribution in [3.05, 3.63) is 35.4 Å². The zero-order valence-corrected chi connectivity index (χ0v) is 9.84. The predicted molar refractivity (Wildman–Crippen MR) is 66.2 cm³/mol. The third-order valence-corrected chi connectivity index (χ3v) is 3.86. The molecule has 1 aromatic carbocycles. The van der Waals surface area contributed by atoms with Gasteiger partial charge in [-0.25, -0.2) is 0 Å². The molecular weight excluding hydrogens is 210 g/mol. The molecule has 0 spiro atoms. The summed E-state index contributed by atoms with van der Waals surface area (Å²) in [4.78, 5) is 2.53. The minimum Gasteiger partial charge on any atom is -0.326 e. The van der Waals surface area contributed by atoms with Crippen LogP contribution in [0, 0.1) is 11.3 Å². The Morgan fingerprint density at radius 3 is 2.82 bits per heavy atom. The molecule has 1 aromatic rings. The van der Waals surface area contributed by atoms with Gasteiger partial charge in [0.05, 0.1) is 17.7 Å². The second-order valence-corrected chi connectivity index (χ2v) is 5.10. The molecule has 2 N–H and O–H groups in total. The normalized spacial score (nSPS) is 29.2. The minimum atomic E-state index is 0.213. The first-order chi connectivity index (χ1) is 8.29. The van der Waals surface area contributed by atoms with Crippen LogP contribution >= 0.6 is 0 Å². The van der Waals surface area contributed by atoms with E-state index >= 15 is 0 Å². The molecule has 2 fully saturated rings. The number of hydrogen-bond acceptors (Lipinski definition) is 3. The molecule has 3 nitrogen and oxygen atoms in total. The average molecular weight is 227 g/mol. The van der Waals surface area contributed by atoms with Crippen LogP contribution in [0.25, 0.3) is 0 Å². The van der Waals surface area contributed by atoms with Gasteiger partial charge >= 0.3 is 0 Å². The average Bonchev–Trinajstić information content (AvgIpc) is 3.13. The van der Waals surface area contributed by atoms with Crippen LogP contribution in [0.1, 0.15) is 36.4 Å². The van der Waals surface area contributed by atoms with Crippen molar-refractivity contribution in [2.75, 3.05) is 6.54 Å². The summed E-state index contributed by atoms with van der Waals surface area (Å²) < 4.78 is 0. The van der Waals surface area contributed by atoms with E-state index < -0.39 is 0 Å². The van der Waals surface area contributed by atoms with E-state index in [9.17, 15) is 0 Å². The molecule has 17 heavy (non-hydrogen) atoms. The largest absolute Gasteiger partial charge is 0.326 e. The Morgan fingerprint density at radius 1 is 1.29 bits per heavy atom. The fourth-order valence-corrected chi connectivity index (χ4v) is 2.89. The lowest BCUT2D eigenvalue weighted by Crippen LogP contribution is -2.33. The quantitative estimate of drug-likeness (QED) is 0.838. The lowest BCUT2D eigenvalue weighted by atomic mass is 9.99. The number of benzene rings is 1. The molecule has 0 bridgehead atoms. The van der Waals surface area contributed by atoms with Gasteiger partial charge in [0, 0.05) is 18.6 Å². The van der Waals surface area contributed by atoms with Crippen LogP contribution in [-0.4, -0.2) is 23.5 Å². The monoisotopic (exact) mass is 227 g/mol. The molecule has 3 heteroatoms. The summed E-state index contributed by atoms with van der Waals surface area (Å²) in [6.07, 6.45) is 3.68. The van der Waals surface area contributed by atoms with Gasteiger partial charge in [-0.05, 0) is 37.0 Å². The fourth-order valence-electron chi connectivity index (χ4n) is 2.89. The number of nitrogens with zero attached hydrogens (tertiary/aromatic N) is 2. The number of nitrogens with two attached hydrogens (primary N) is 1. The molecule has 88 valence electrons. The van der Waals surface area contributed by atoms with Crippen molar-refractivity contribution in [2.24, 2.45) is 5.73 Å². The van der Waals surface area contributed by atoms with Gasteiger partial charge < -0.3 is 5.73 Å². The van der Waals surface area contributed by atoms with E-state index in [4.69, 9.17) is 11.0 Å². The van der Waals surface area contributed by atoms with E-state index in [0.717, 1.165) is 24.6 Å². The SMILES string of the molecule is N#Cc1cccc(C2C(N)CCN2C2CC2)c1. The Balaban J connectivity index is 1.92. The topological polar surface area (TPSA) is 53.1 Å². The maximum absolute atomic E-state index is 8.96. The molecule has 2 aliphatic rings. The Hall–Kier alpha value is -1.37. The molecule has 0 aromatic heterocycles. The van der Waals surface area contributed by atoms with E-state index in [2.05, 4.69) is 17.0 Å². The summed E-state index contributed by atoms with van der Waals surface area (Å²) in [5.41, 5.74) is 8.18. The van der Waals surface area contributed by atoms with Gasteiger partial charge in [0.15, 0.2) is 0 Å². The maximum Gasteiger partial charge on any atom is 0.0991 e. The van der Waals surface area contributed by atoms with Crippen molar-refractivity contribution in [1.82, 2.24) is 4.90 Å². The smallest absolute Gasteiger partial charge is 0.0991 e. The van der Waals surface area contributed by atoms with Gasteiger partial charge in [0.1, 0.15) is 0 Å². The molecule has 1 saturated carbocycles. The van der Waals surface area contributed by atoms with Crippen molar-refractivity contribution in [2.45, 2.75) is 37.4 Å². The highest BCUT2D eigenvalue weighted by molar-refractivity contribution is 5.35. The Bertz CT molecular complexity index is 459. The molecule has 1 heterocycles. The summed E-state index contributed by atoms with van der Waals surface area (Å²) in [6.45, 7) is 1.10. The molecular formula is C14H17N3. The summed E-state index contributed by atoms with van der Waals surface area (Å²) in [6, 6.07) is 11.4. The lowest BCUT2D eigenvalue weighted by molar-refractivity contribution is 0.237. The summed E-state index contributed by atoms with van der Waals surface area (Å²) in [5.74, 6) is 0. The van der Waals surface area contributed by atoms with Crippen molar-refractivity contribution >= 4 is 0 Å². The van der Waals surface area contributed by atoms with Crippen LogP contribution in [0.2, 0.25) is 0 Å². The predicted octanol–water partition coefficient (Wildman–Crippen LogP) is 1.79. The van der Waals surface area contributed by atoms with Gasteiger partial charge in [0.25, 0.3) is 0 Å². The van der Waals surface area contributed by atoms with Crippen molar-refractivity contribution in [1.29, 1.82) is 5.26 Å². The molecule has 3 rings (SSSR count). The van der Waals surface area contributed by atoms with Crippen molar-refractivity contribution in [3.63, 3.8) is 0 Å². The highest BCUT2D eigenvalue weighted by atomic mass is 15.2. The van der Waals surface area contributed by atoms with E-state index in [1.54, 1.807) is 0 Å². The van der Waals surface area contributed by atoms with Gasteiger partial charge in [-0.1, -0.05) is 12.1 Å². The third-order valence-electron chi connectivity index (χ3n) is 3.86. The third kappa shape index (κ3) is 1.95. The minimum absolute atomic E-state index is 0.213. The summed E-state index contributed by atoms with van der Waals surface area (Å²) in [5, 5.41) is 8.96. The van der Waals surface area contributed by atoms with Crippen LogP contribution in [0.5, 0.6) is 0 Å². The first-order valence-corrected chi connectivity index (χ1v) is 6.31. The fraction of sp³-hybridized carbons (Fsp3) is 0.500. The number of nitriles is 1. The molecule has 2 atom stereocenters. The molecule has 2 unspecified atom stereocenters. The highest BCUT2D eigenvalue weighted by Gasteiger charge is 2.41.